The molecular formula is C6H10BrNO3. The molecule has 0 fully saturated rings. The summed E-state index contributed by atoms with van der Waals surface area (Å²) >= 11 is 3.19. The molecule has 0 aromatic rings. The first-order valence-electron chi connectivity index (χ1n) is 3.11. The topological polar surface area (TPSA) is 58.9 Å². The molecule has 0 rings (SSSR count). The van der Waals surface area contributed by atoms with Crippen LogP contribution in [0.2, 0.25) is 0 Å². The normalized spacial score (nSPS) is 11.3. The van der Waals surface area contributed by atoms with Crippen molar-refractivity contribution in [2.75, 3.05) is 12.4 Å². The van der Waals surface area contributed by atoms with E-state index in [9.17, 15) is 4.79 Å². The number of nitrogens with zero attached hydrogens (tertiary/aromatic N) is 1. The van der Waals surface area contributed by atoms with Crippen molar-refractivity contribution in [3.63, 3.8) is 0 Å². The van der Waals surface area contributed by atoms with Crippen LogP contribution in [-0.4, -0.2) is 29.2 Å². The number of carboxylic acid groups (broad SMARTS) is 1. The fourth-order valence-electron chi connectivity index (χ4n) is 0.536. The Labute approximate surface area is 73.4 Å². The van der Waals surface area contributed by atoms with Crippen LogP contribution in [0, 0.1) is 0 Å². The van der Waals surface area contributed by atoms with Gasteiger partial charge in [-0.3, -0.25) is 0 Å². The van der Waals surface area contributed by atoms with Gasteiger partial charge in [0.2, 0.25) is 0 Å². The first-order chi connectivity index (χ1) is 5.22. The first-order valence-corrected chi connectivity index (χ1v) is 4.23. The molecule has 0 amide bonds. The Morgan fingerprint density at radius 2 is 2.36 bits per heavy atom. The molecule has 0 atom stereocenters. The zero-order valence-electron chi connectivity index (χ0n) is 6.21. The number of aliphatic carboxylic acids is 1. The van der Waals surface area contributed by atoms with Crippen LogP contribution in [0.15, 0.2) is 5.16 Å². The van der Waals surface area contributed by atoms with Gasteiger partial charge in [0.25, 0.3) is 0 Å². The average molecular weight is 224 g/mol. The van der Waals surface area contributed by atoms with Crippen molar-refractivity contribution in [3.05, 3.63) is 0 Å². The van der Waals surface area contributed by atoms with Crippen LogP contribution in [0.4, 0.5) is 0 Å². The monoisotopic (exact) mass is 223 g/mol. The van der Waals surface area contributed by atoms with E-state index in [-0.39, 0.29) is 5.71 Å². The van der Waals surface area contributed by atoms with E-state index in [1.807, 2.05) is 0 Å². The predicted molar refractivity (Wildman–Crippen MR) is 45.1 cm³/mol. The van der Waals surface area contributed by atoms with Gasteiger partial charge < -0.3 is 9.94 Å². The van der Waals surface area contributed by atoms with Crippen molar-refractivity contribution in [2.24, 2.45) is 5.16 Å². The molecule has 0 radical (unpaired) electrons. The number of alkyl halides is 1. The molecule has 0 aromatic carbocycles. The Hall–Kier alpha value is -0.580. The summed E-state index contributed by atoms with van der Waals surface area (Å²) in [7, 11) is 1.33. The summed E-state index contributed by atoms with van der Waals surface area (Å²) < 4.78 is 0. The molecule has 4 nitrogen and oxygen atoms in total. The zero-order valence-corrected chi connectivity index (χ0v) is 7.80. The van der Waals surface area contributed by atoms with E-state index in [1.165, 1.54) is 7.11 Å². The molecule has 1 N–H and O–H groups in total. The average Bonchev–Trinajstić information content (AvgIpc) is 1.97. The number of hydrogen-bond acceptors (Lipinski definition) is 3. The van der Waals surface area contributed by atoms with Gasteiger partial charge in [0.1, 0.15) is 7.11 Å². The van der Waals surface area contributed by atoms with Crippen molar-refractivity contribution >= 4 is 27.6 Å². The van der Waals surface area contributed by atoms with Crippen LogP contribution in [0.1, 0.15) is 12.8 Å². The molecule has 0 aromatic heterocycles. The first kappa shape index (κ1) is 10.4. The van der Waals surface area contributed by atoms with E-state index >= 15 is 0 Å². The quantitative estimate of drug-likeness (QED) is 0.434. The van der Waals surface area contributed by atoms with Gasteiger partial charge in [-0.2, -0.15) is 0 Å². The van der Waals surface area contributed by atoms with Gasteiger partial charge in [-0.1, -0.05) is 21.1 Å². The van der Waals surface area contributed by atoms with Crippen LogP contribution >= 0.6 is 15.9 Å². The maximum atomic E-state index is 10.4. The Morgan fingerprint density at radius 1 is 1.73 bits per heavy atom. The highest BCUT2D eigenvalue weighted by Crippen LogP contribution is 1.97. The van der Waals surface area contributed by atoms with Gasteiger partial charge in [0.05, 0.1) is 0 Å². The molecule has 64 valence electrons. The summed E-state index contributed by atoms with van der Waals surface area (Å²) in [4.78, 5) is 14.7. The second-order valence-corrected chi connectivity index (χ2v) is 2.61. The molecular weight excluding hydrogens is 214 g/mol. The number of oxime groups is 1. The molecule has 0 aliphatic carbocycles. The van der Waals surface area contributed by atoms with E-state index in [0.717, 1.165) is 11.8 Å². The van der Waals surface area contributed by atoms with Gasteiger partial charge >= 0.3 is 5.97 Å². The Bertz CT molecular complexity index is 158. The number of carbonyl (C=O) groups is 1. The third-order valence-electron chi connectivity index (χ3n) is 0.996. The molecule has 0 aliphatic rings. The predicted octanol–water partition coefficient (Wildman–Crippen LogP) is 1.25. The summed E-state index contributed by atoms with van der Waals surface area (Å²) in [6.07, 6.45) is 1.17. The van der Waals surface area contributed by atoms with E-state index in [2.05, 4.69) is 25.9 Å². The molecule has 0 saturated heterocycles. The fraction of sp³-hybridized carbons (Fsp3) is 0.667. The number of halogens is 1. The molecule has 5 heteroatoms. The smallest absolute Gasteiger partial charge is 0.353 e. The van der Waals surface area contributed by atoms with E-state index < -0.39 is 5.97 Å². The third-order valence-corrected chi connectivity index (χ3v) is 1.56. The third kappa shape index (κ3) is 4.78. The maximum absolute atomic E-state index is 10.4. The van der Waals surface area contributed by atoms with Crippen molar-refractivity contribution in [2.45, 2.75) is 12.8 Å². The Morgan fingerprint density at radius 3 is 2.73 bits per heavy atom. The lowest BCUT2D eigenvalue weighted by Gasteiger charge is -1.96. The minimum atomic E-state index is -1.02. The van der Waals surface area contributed by atoms with Crippen LogP contribution < -0.4 is 0 Å². The molecule has 0 heterocycles. The second-order valence-electron chi connectivity index (χ2n) is 1.82. The van der Waals surface area contributed by atoms with Gasteiger partial charge in [-0.15, -0.1) is 0 Å². The summed E-state index contributed by atoms with van der Waals surface area (Å²) in [5, 5.41) is 12.6. The second kappa shape index (κ2) is 6.15. The van der Waals surface area contributed by atoms with Gasteiger partial charge in [0, 0.05) is 11.8 Å². The molecule has 0 unspecified atom stereocenters. The zero-order chi connectivity index (χ0) is 8.69. The Kier molecular flexibility index (Phi) is 5.83. The summed E-state index contributed by atoms with van der Waals surface area (Å²) in [5.74, 6) is -1.02. The number of rotatable bonds is 5. The lowest BCUT2D eigenvalue weighted by atomic mass is 10.2. The molecule has 0 spiro atoms. The van der Waals surface area contributed by atoms with E-state index in [4.69, 9.17) is 5.11 Å². The van der Waals surface area contributed by atoms with Crippen molar-refractivity contribution in [3.8, 4) is 0 Å². The number of hydrogen-bond donors (Lipinski definition) is 1. The van der Waals surface area contributed by atoms with Crippen molar-refractivity contribution in [1.82, 2.24) is 0 Å². The van der Waals surface area contributed by atoms with Crippen molar-refractivity contribution in [1.29, 1.82) is 0 Å². The van der Waals surface area contributed by atoms with Crippen LogP contribution in [0.5, 0.6) is 0 Å². The SMILES string of the molecule is CON=C(CCCBr)C(=O)O. The maximum Gasteiger partial charge on any atom is 0.353 e. The van der Waals surface area contributed by atoms with E-state index in [1.54, 1.807) is 0 Å². The summed E-state index contributed by atoms with van der Waals surface area (Å²) in [6.45, 7) is 0. The molecule has 0 aliphatic heterocycles. The highest BCUT2D eigenvalue weighted by molar-refractivity contribution is 9.09. The van der Waals surface area contributed by atoms with Crippen molar-refractivity contribution < 1.29 is 14.7 Å². The van der Waals surface area contributed by atoms with Gasteiger partial charge in [-0.25, -0.2) is 4.79 Å². The van der Waals surface area contributed by atoms with Gasteiger partial charge in [0.15, 0.2) is 5.71 Å². The summed E-state index contributed by atoms with van der Waals surface area (Å²) in [6, 6.07) is 0. The van der Waals surface area contributed by atoms with Crippen LogP contribution in [-0.2, 0) is 9.63 Å². The standard InChI is InChI=1S/C6H10BrNO3/c1-11-8-5(6(9)10)3-2-4-7/h2-4H2,1H3,(H,9,10). The molecule has 0 saturated carbocycles. The highest BCUT2D eigenvalue weighted by atomic mass is 79.9. The molecule has 0 bridgehead atoms. The van der Waals surface area contributed by atoms with Crippen LogP contribution in [0.25, 0.3) is 0 Å². The van der Waals surface area contributed by atoms with Gasteiger partial charge in [-0.05, 0) is 6.42 Å². The number of carboxylic acids is 1. The lowest BCUT2D eigenvalue weighted by molar-refractivity contribution is -0.129. The minimum absolute atomic E-state index is 0.0620. The summed E-state index contributed by atoms with van der Waals surface area (Å²) in [5.41, 5.74) is 0.0620. The highest BCUT2D eigenvalue weighted by Gasteiger charge is 2.08. The fourth-order valence-corrected chi connectivity index (χ4v) is 0.816. The molecule has 11 heavy (non-hydrogen) atoms. The minimum Gasteiger partial charge on any atom is -0.477 e. The largest absolute Gasteiger partial charge is 0.477 e. The van der Waals surface area contributed by atoms with Crippen LogP contribution in [0.3, 0.4) is 0 Å². The Balaban J connectivity index is 3.90. The lowest BCUT2D eigenvalue weighted by Crippen LogP contribution is -2.13. The van der Waals surface area contributed by atoms with E-state index in [0.29, 0.717) is 6.42 Å².